The Hall–Kier alpha value is -0.570. The van der Waals surface area contributed by atoms with Crippen LogP contribution in [0.5, 0.6) is 0 Å². The Labute approximate surface area is 49.0 Å². The van der Waals surface area contributed by atoms with Crippen molar-refractivity contribution >= 4 is 5.91 Å². The third-order valence-electron chi connectivity index (χ3n) is 1.30. The average molecular weight is 116 g/mol. The predicted octanol–water partition coefficient (Wildman–Crippen LogP) is -0.401. The number of hydrogen-bond donors (Lipinski definition) is 2. The van der Waals surface area contributed by atoms with Crippen LogP contribution in [-0.2, 0) is 4.79 Å². The van der Waals surface area contributed by atoms with E-state index in [0.29, 0.717) is 6.42 Å². The van der Waals surface area contributed by atoms with Crippen LogP contribution in [-0.4, -0.2) is 11.4 Å². The van der Waals surface area contributed by atoms with Crippen LogP contribution in [0, 0.1) is 0 Å². The average Bonchev–Trinajstić information content (AvgIpc) is 1.67. The lowest BCUT2D eigenvalue weighted by Gasteiger charge is -2.16. The van der Waals surface area contributed by atoms with E-state index in [1.165, 1.54) is 0 Å². The third kappa shape index (κ3) is 1.50. The summed E-state index contributed by atoms with van der Waals surface area (Å²) in [7, 11) is 0. The van der Waals surface area contributed by atoms with Crippen LogP contribution in [0.1, 0.15) is 20.3 Å². The maximum Gasteiger partial charge on any atom is 0.237 e. The first-order chi connectivity index (χ1) is 3.50. The van der Waals surface area contributed by atoms with E-state index in [1.807, 2.05) is 6.92 Å². The Morgan fingerprint density at radius 1 is 1.75 bits per heavy atom. The maximum atomic E-state index is 10.3. The molecule has 1 unspecified atom stereocenters. The Morgan fingerprint density at radius 2 is 2.12 bits per heavy atom. The number of carbonyl (C=O) groups excluding carboxylic acids is 1. The van der Waals surface area contributed by atoms with Crippen LogP contribution in [0.2, 0.25) is 0 Å². The van der Waals surface area contributed by atoms with Crippen LogP contribution in [0.15, 0.2) is 0 Å². The van der Waals surface area contributed by atoms with Gasteiger partial charge >= 0.3 is 0 Å². The fourth-order valence-corrected chi connectivity index (χ4v) is 0.174. The van der Waals surface area contributed by atoms with E-state index >= 15 is 0 Å². The van der Waals surface area contributed by atoms with Crippen molar-refractivity contribution in [2.24, 2.45) is 11.5 Å². The van der Waals surface area contributed by atoms with E-state index < -0.39 is 11.4 Å². The van der Waals surface area contributed by atoms with Gasteiger partial charge in [0, 0.05) is 0 Å². The molecule has 0 radical (unpaired) electrons. The molecule has 0 aromatic heterocycles. The number of carbonyl (C=O) groups is 1. The topological polar surface area (TPSA) is 69.1 Å². The maximum absolute atomic E-state index is 10.3. The first-order valence-corrected chi connectivity index (χ1v) is 2.59. The molecule has 0 aliphatic rings. The fourth-order valence-electron chi connectivity index (χ4n) is 0.174. The van der Waals surface area contributed by atoms with Crippen molar-refractivity contribution in [2.75, 3.05) is 0 Å². The van der Waals surface area contributed by atoms with Crippen molar-refractivity contribution in [3.63, 3.8) is 0 Å². The van der Waals surface area contributed by atoms with Crippen molar-refractivity contribution in [1.29, 1.82) is 0 Å². The van der Waals surface area contributed by atoms with Crippen molar-refractivity contribution in [2.45, 2.75) is 25.8 Å². The smallest absolute Gasteiger partial charge is 0.237 e. The zero-order chi connectivity index (χ0) is 6.78. The minimum atomic E-state index is -0.819. The molecule has 0 aromatic rings. The molecular formula is C5H12N2O. The first kappa shape index (κ1) is 7.43. The lowest BCUT2D eigenvalue weighted by Crippen LogP contribution is -2.48. The number of amides is 1. The summed E-state index contributed by atoms with van der Waals surface area (Å²) in [4.78, 5) is 10.3. The second-order valence-corrected chi connectivity index (χ2v) is 2.14. The molecule has 3 nitrogen and oxygen atoms in total. The lowest BCUT2D eigenvalue weighted by molar-refractivity contribution is -0.122. The van der Waals surface area contributed by atoms with E-state index in [9.17, 15) is 4.79 Å². The van der Waals surface area contributed by atoms with E-state index in [0.717, 1.165) is 0 Å². The quantitative estimate of drug-likeness (QED) is 0.515. The third-order valence-corrected chi connectivity index (χ3v) is 1.30. The second-order valence-electron chi connectivity index (χ2n) is 2.14. The van der Waals surface area contributed by atoms with Gasteiger partial charge in [0.15, 0.2) is 0 Å². The van der Waals surface area contributed by atoms with Gasteiger partial charge in [0.05, 0.1) is 5.54 Å². The summed E-state index contributed by atoms with van der Waals surface area (Å²) in [6.45, 7) is 3.44. The summed E-state index contributed by atoms with van der Waals surface area (Å²) in [5.74, 6) is -0.444. The molecule has 0 heterocycles. The predicted molar refractivity (Wildman–Crippen MR) is 32.1 cm³/mol. The largest absolute Gasteiger partial charge is 0.368 e. The SMILES string of the molecule is CCC(C)(N)C(N)=O. The summed E-state index contributed by atoms with van der Waals surface area (Å²) < 4.78 is 0. The zero-order valence-corrected chi connectivity index (χ0v) is 5.27. The summed E-state index contributed by atoms with van der Waals surface area (Å²) in [5.41, 5.74) is 9.48. The molecular weight excluding hydrogens is 104 g/mol. The minimum absolute atomic E-state index is 0.444. The van der Waals surface area contributed by atoms with Crippen molar-refractivity contribution in [1.82, 2.24) is 0 Å². The highest BCUT2D eigenvalue weighted by molar-refractivity contribution is 5.83. The molecule has 0 bridgehead atoms. The van der Waals surface area contributed by atoms with Crippen LogP contribution in [0.3, 0.4) is 0 Å². The van der Waals surface area contributed by atoms with Gasteiger partial charge in [-0.05, 0) is 13.3 Å². The number of nitrogens with two attached hydrogens (primary N) is 2. The van der Waals surface area contributed by atoms with Gasteiger partial charge < -0.3 is 11.5 Å². The molecule has 1 amide bonds. The Balaban J connectivity index is 3.91. The zero-order valence-electron chi connectivity index (χ0n) is 5.27. The molecule has 48 valence electrons. The monoisotopic (exact) mass is 116 g/mol. The van der Waals surface area contributed by atoms with Gasteiger partial charge in [-0.25, -0.2) is 0 Å². The van der Waals surface area contributed by atoms with E-state index in [4.69, 9.17) is 11.5 Å². The number of primary amides is 1. The first-order valence-electron chi connectivity index (χ1n) is 2.59. The summed E-state index contributed by atoms with van der Waals surface area (Å²) in [6, 6.07) is 0. The molecule has 0 rings (SSSR count). The van der Waals surface area contributed by atoms with Gasteiger partial charge in [-0.2, -0.15) is 0 Å². The molecule has 0 aromatic carbocycles. The van der Waals surface area contributed by atoms with Gasteiger partial charge in [0.25, 0.3) is 0 Å². The number of hydrogen-bond acceptors (Lipinski definition) is 2. The molecule has 0 spiro atoms. The Bertz CT molecular complexity index is 98.6. The highest BCUT2D eigenvalue weighted by atomic mass is 16.1. The molecule has 3 heteroatoms. The normalized spacial score (nSPS) is 17.4. The molecule has 0 saturated carbocycles. The van der Waals surface area contributed by atoms with Crippen molar-refractivity contribution < 1.29 is 4.79 Å². The summed E-state index contributed by atoms with van der Waals surface area (Å²) in [6.07, 6.45) is 0.586. The molecule has 4 N–H and O–H groups in total. The van der Waals surface area contributed by atoms with Gasteiger partial charge in [-0.1, -0.05) is 6.92 Å². The van der Waals surface area contributed by atoms with E-state index in [2.05, 4.69) is 0 Å². The van der Waals surface area contributed by atoms with Crippen LogP contribution in [0.25, 0.3) is 0 Å². The molecule has 0 aliphatic heterocycles. The second kappa shape index (κ2) is 2.13. The van der Waals surface area contributed by atoms with Gasteiger partial charge in [0.1, 0.15) is 0 Å². The van der Waals surface area contributed by atoms with Gasteiger partial charge in [-0.15, -0.1) is 0 Å². The highest BCUT2D eigenvalue weighted by Gasteiger charge is 2.21. The highest BCUT2D eigenvalue weighted by Crippen LogP contribution is 2.01. The lowest BCUT2D eigenvalue weighted by atomic mass is 10.0. The van der Waals surface area contributed by atoms with E-state index in [1.54, 1.807) is 6.92 Å². The molecule has 0 fully saturated rings. The number of rotatable bonds is 2. The van der Waals surface area contributed by atoms with Crippen LogP contribution in [0.4, 0.5) is 0 Å². The Kier molecular flexibility index (Phi) is 1.98. The van der Waals surface area contributed by atoms with Crippen LogP contribution < -0.4 is 11.5 Å². The molecule has 0 saturated heterocycles. The minimum Gasteiger partial charge on any atom is -0.368 e. The summed E-state index contributed by atoms with van der Waals surface area (Å²) >= 11 is 0. The fraction of sp³-hybridized carbons (Fsp3) is 0.800. The van der Waals surface area contributed by atoms with E-state index in [-0.39, 0.29) is 0 Å². The van der Waals surface area contributed by atoms with Gasteiger partial charge in [0.2, 0.25) is 5.91 Å². The van der Waals surface area contributed by atoms with Crippen molar-refractivity contribution in [3.8, 4) is 0 Å². The molecule has 1 atom stereocenters. The Morgan fingerprint density at radius 3 is 2.12 bits per heavy atom. The van der Waals surface area contributed by atoms with Gasteiger partial charge in [-0.3, -0.25) is 4.79 Å². The molecule has 8 heavy (non-hydrogen) atoms. The standard InChI is InChI=1S/C5H12N2O/c1-3-5(2,7)4(6)8/h3,7H2,1-2H3,(H2,6,8). The van der Waals surface area contributed by atoms with Crippen LogP contribution >= 0.6 is 0 Å². The molecule has 0 aliphatic carbocycles. The summed E-state index contributed by atoms with van der Waals surface area (Å²) in [5, 5.41) is 0. The van der Waals surface area contributed by atoms with Crippen molar-refractivity contribution in [3.05, 3.63) is 0 Å².